The van der Waals surface area contributed by atoms with Gasteiger partial charge in [0.2, 0.25) is 5.91 Å². The van der Waals surface area contributed by atoms with Crippen LogP contribution in [0.5, 0.6) is 0 Å². The van der Waals surface area contributed by atoms with E-state index in [0.29, 0.717) is 11.4 Å². The van der Waals surface area contributed by atoms with Gasteiger partial charge in [-0.3, -0.25) is 14.3 Å². The number of nitrogens with zero attached hydrogens (tertiary/aromatic N) is 2. The minimum atomic E-state index is -0.428. The summed E-state index contributed by atoms with van der Waals surface area (Å²) >= 11 is 9.39. The second-order valence-corrected chi connectivity index (χ2v) is 6.34. The molecule has 23 heavy (non-hydrogen) atoms. The van der Waals surface area contributed by atoms with E-state index >= 15 is 0 Å². The van der Waals surface area contributed by atoms with Crippen LogP contribution < -0.4 is 10.6 Å². The van der Waals surface area contributed by atoms with Crippen molar-refractivity contribution < 1.29 is 9.59 Å². The van der Waals surface area contributed by atoms with Crippen LogP contribution in [0.2, 0.25) is 5.15 Å². The number of carbonyl (C=O) groups excluding carboxylic acids is 2. The zero-order valence-electron chi connectivity index (χ0n) is 12.9. The summed E-state index contributed by atoms with van der Waals surface area (Å²) in [5.41, 5.74) is 2.41. The Bertz CT molecular complexity index is 773. The van der Waals surface area contributed by atoms with Crippen LogP contribution in [0.25, 0.3) is 0 Å². The van der Waals surface area contributed by atoms with Crippen molar-refractivity contribution >= 4 is 45.0 Å². The van der Waals surface area contributed by atoms with Crippen LogP contribution in [0.4, 0.5) is 5.69 Å². The number of hydrogen-bond acceptors (Lipinski definition) is 3. The summed E-state index contributed by atoms with van der Waals surface area (Å²) in [6, 6.07) is 5.52. The molecule has 1 aromatic heterocycles. The molecule has 0 atom stereocenters. The van der Waals surface area contributed by atoms with Gasteiger partial charge in [0, 0.05) is 17.2 Å². The van der Waals surface area contributed by atoms with Crippen molar-refractivity contribution in [1.82, 2.24) is 15.1 Å². The van der Waals surface area contributed by atoms with Crippen LogP contribution in [0.15, 0.2) is 22.7 Å². The summed E-state index contributed by atoms with van der Waals surface area (Å²) < 4.78 is 2.35. The lowest BCUT2D eigenvalue weighted by molar-refractivity contribution is -0.115. The highest BCUT2D eigenvalue weighted by atomic mass is 79.9. The SMILES string of the molecule is Cc1cc(Br)ccc1NC(=O)CNC(=O)c1c(C)nn(C)c1Cl. The molecule has 2 N–H and O–H groups in total. The van der Waals surface area contributed by atoms with Gasteiger partial charge < -0.3 is 10.6 Å². The molecule has 8 heteroatoms. The molecule has 0 spiro atoms. The second kappa shape index (κ2) is 7.14. The smallest absolute Gasteiger partial charge is 0.256 e. The van der Waals surface area contributed by atoms with E-state index in [2.05, 4.69) is 31.7 Å². The summed E-state index contributed by atoms with van der Waals surface area (Å²) in [5, 5.41) is 9.60. The number of amides is 2. The second-order valence-electron chi connectivity index (χ2n) is 5.06. The molecule has 0 bridgehead atoms. The molecule has 122 valence electrons. The van der Waals surface area contributed by atoms with Crippen molar-refractivity contribution in [3.8, 4) is 0 Å². The van der Waals surface area contributed by atoms with E-state index < -0.39 is 5.91 Å². The Hall–Kier alpha value is -1.86. The number of aryl methyl sites for hydroxylation is 3. The average molecular weight is 400 g/mol. The summed E-state index contributed by atoms with van der Waals surface area (Å²) in [7, 11) is 1.65. The van der Waals surface area contributed by atoms with Gasteiger partial charge in [0.05, 0.1) is 17.8 Å². The number of carbonyl (C=O) groups is 2. The van der Waals surface area contributed by atoms with Gasteiger partial charge in [0.1, 0.15) is 5.15 Å². The maximum atomic E-state index is 12.1. The largest absolute Gasteiger partial charge is 0.343 e. The Morgan fingerprint density at radius 2 is 2.04 bits per heavy atom. The van der Waals surface area contributed by atoms with Crippen LogP contribution in [0, 0.1) is 13.8 Å². The van der Waals surface area contributed by atoms with Crippen LogP contribution in [-0.2, 0) is 11.8 Å². The lowest BCUT2D eigenvalue weighted by Crippen LogP contribution is -2.33. The van der Waals surface area contributed by atoms with E-state index in [4.69, 9.17) is 11.6 Å². The monoisotopic (exact) mass is 398 g/mol. The molecule has 2 aromatic rings. The first kappa shape index (κ1) is 17.5. The maximum absolute atomic E-state index is 12.1. The highest BCUT2D eigenvalue weighted by molar-refractivity contribution is 9.10. The molecule has 0 aliphatic rings. The zero-order valence-corrected chi connectivity index (χ0v) is 15.2. The third-order valence-corrected chi connectivity index (χ3v) is 4.18. The Morgan fingerprint density at radius 3 is 2.61 bits per heavy atom. The Balaban J connectivity index is 1.97. The first-order chi connectivity index (χ1) is 10.8. The van der Waals surface area contributed by atoms with Gasteiger partial charge in [0.15, 0.2) is 0 Å². The Kier molecular flexibility index (Phi) is 5.43. The standard InChI is InChI=1S/C15H16BrClN4O2/c1-8-6-10(16)4-5-11(8)19-12(22)7-18-15(23)13-9(2)20-21(3)14(13)17/h4-6H,7H2,1-3H3,(H,18,23)(H,19,22). The van der Waals surface area contributed by atoms with Gasteiger partial charge >= 0.3 is 0 Å². The van der Waals surface area contributed by atoms with Gasteiger partial charge in [-0.05, 0) is 37.6 Å². The summed E-state index contributed by atoms with van der Waals surface area (Å²) in [5.74, 6) is -0.746. The molecule has 2 rings (SSSR count). The normalized spacial score (nSPS) is 10.5. The maximum Gasteiger partial charge on any atom is 0.256 e. The molecule has 0 radical (unpaired) electrons. The fraction of sp³-hybridized carbons (Fsp3) is 0.267. The minimum absolute atomic E-state index is 0.154. The van der Waals surface area contributed by atoms with Gasteiger partial charge in [-0.1, -0.05) is 27.5 Å². The van der Waals surface area contributed by atoms with Crippen molar-refractivity contribution in [2.75, 3.05) is 11.9 Å². The lowest BCUT2D eigenvalue weighted by Gasteiger charge is -2.09. The van der Waals surface area contributed by atoms with E-state index in [9.17, 15) is 9.59 Å². The van der Waals surface area contributed by atoms with Crippen molar-refractivity contribution in [3.63, 3.8) is 0 Å². The van der Waals surface area contributed by atoms with Crippen LogP contribution >= 0.6 is 27.5 Å². The fourth-order valence-electron chi connectivity index (χ4n) is 2.10. The number of nitrogens with one attached hydrogen (secondary N) is 2. The number of anilines is 1. The fourth-order valence-corrected chi connectivity index (χ4v) is 2.83. The lowest BCUT2D eigenvalue weighted by atomic mass is 10.2. The third-order valence-electron chi connectivity index (χ3n) is 3.25. The van der Waals surface area contributed by atoms with Gasteiger partial charge in [-0.2, -0.15) is 5.10 Å². The number of hydrogen-bond donors (Lipinski definition) is 2. The number of rotatable bonds is 4. The molecule has 2 amide bonds. The molecule has 0 aliphatic heterocycles. The highest BCUT2D eigenvalue weighted by Gasteiger charge is 2.19. The van der Waals surface area contributed by atoms with E-state index in [1.54, 1.807) is 20.0 Å². The first-order valence-corrected chi connectivity index (χ1v) is 8.00. The third kappa shape index (κ3) is 4.11. The minimum Gasteiger partial charge on any atom is -0.343 e. The molecule has 1 aromatic carbocycles. The molecule has 0 fully saturated rings. The van der Waals surface area contributed by atoms with Gasteiger partial charge in [0.25, 0.3) is 5.91 Å². The van der Waals surface area contributed by atoms with E-state index in [1.807, 2.05) is 19.1 Å². The molecular weight excluding hydrogens is 384 g/mol. The van der Waals surface area contributed by atoms with E-state index in [0.717, 1.165) is 10.0 Å². The molecular formula is C15H16BrClN4O2. The molecule has 6 nitrogen and oxygen atoms in total. The first-order valence-electron chi connectivity index (χ1n) is 6.83. The summed E-state index contributed by atoms with van der Waals surface area (Å²) in [4.78, 5) is 24.1. The van der Waals surface area contributed by atoms with E-state index in [-0.39, 0.29) is 23.2 Å². The van der Waals surface area contributed by atoms with Crippen molar-refractivity contribution in [2.45, 2.75) is 13.8 Å². The van der Waals surface area contributed by atoms with Crippen molar-refractivity contribution in [1.29, 1.82) is 0 Å². The number of aromatic nitrogens is 2. The quantitative estimate of drug-likeness (QED) is 0.830. The molecule has 0 unspecified atom stereocenters. The van der Waals surface area contributed by atoms with Gasteiger partial charge in [-0.15, -0.1) is 0 Å². The molecule has 0 saturated carbocycles. The number of halogens is 2. The van der Waals surface area contributed by atoms with Crippen molar-refractivity contribution in [3.05, 3.63) is 44.6 Å². The van der Waals surface area contributed by atoms with Crippen LogP contribution in [0.3, 0.4) is 0 Å². The van der Waals surface area contributed by atoms with Crippen LogP contribution in [-0.4, -0.2) is 28.1 Å². The summed E-state index contributed by atoms with van der Waals surface area (Å²) in [6.45, 7) is 3.42. The summed E-state index contributed by atoms with van der Waals surface area (Å²) in [6.07, 6.45) is 0. The molecule has 0 aliphatic carbocycles. The van der Waals surface area contributed by atoms with Crippen molar-refractivity contribution in [2.24, 2.45) is 7.05 Å². The van der Waals surface area contributed by atoms with E-state index in [1.165, 1.54) is 4.68 Å². The topological polar surface area (TPSA) is 76.0 Å². The van der Waals surface area contributed by atoms with Crippen LogP contribution in [0.1, 0.15) is 21.6 Å². The zero-order chi connectivity index (χ0) is 17.1. The number of benzene rings is 1. The Labute approximate surface area is 147 Å². The predicted octanol–water partition coefficient (Wildman–Crippen LogP) is 2.82. The predicted molar refractivity (Wildman–Crippen MR) is 92.8 cm³/mol. The molecule has 0 saturated heterocycles. The van der Waals surface area contributed by atoms with Gasteiger partial charge in [-0.25, -0.2) is 0 Å². The highest BCUT2D eigenvalue weighted by Crippen LogP contribution is 2.20. The molecule has 1 heterocycles. The average Bonchev–Trinajstić information content (AvgIpc) is 2.73. The Morgan fingerprint density at radius 1 is 1.35 bits per heavy atom.